The minimum atomic E-state index is -4.34. The van der Waals surface area contributed by atoms with Gasteiger partial charge in [0.1, 0.15) is 0 Å². The van der Waals surface area contributed by atoms with E-state index < -0.39 is 17.8 Å². The molecule has 1 heterocycles. The van der Waals surface area contributed by atoms with Crippen LogP contribution in [-0.2, 0) is 10.9 Å². The van der Waals surface area contributed by atoms with Gasteiger partial charge in [-0.15, -0.1) is 0 Å². The molecule has 0 saturated carbocycles. The van der Waals surface area contributed by atoms with Crippen LogP contribution in [0.4, 0.5) is 13.2 Å². The number of alkyl halides is 3. The Morgan fingerprint density at radius 3 is 2.67 bits per heavy atom. The molecule has 1 aliphatic heterocycles. The minimum absolute atomic E-state index is 0.200. The van der Waals surface area contributed by atoms with Crippen LogP contribution in [0.5, 0.6) is 0 Å². The van der Waals surface area contributed by atoms with E-state index >= 15 is 0 Å². The molecule has 100 valence electrons. The summed E-state index contributed by atoms with van der Waals surface area (Å²) in [6.45, 7) is 2.63. The van der Waals surface area contributed by atoms with Gasteiger partial charge in [-0.1, -0.05) is 19.1 Å². The number of halogens is 3. The van der Waals surface area contributed by atoms with E-state index in [-0.39, 0.29) is 12.0 Å². The van der Waals surface area contributed by atoms with Crippen molar-refractivity contribution in [3.05, 3.63) is 35.4 Å². The fraction of sp³-hybridized carbons (Fsp3) is 0.538. The Morgan fingerprint density at radius 2 is 2.11 bits per heavy atom. The number of nitrogens with two attached hydrogens (primary N) is 1. The van der Waals surface area contributed by atoms with E-state index in [1.165, 1.54) is 6.07 Å². The highest BCUT2D eigenvalue weighted by Gasteiger charge is 2.34. The Balaban J connectivity index is 2.23. The van der Waals surface area contributed by atoms with Gasteiger partial charge in [0, 0.05) is 6.61 Å². The third kappa shape index (κ3) is 2.67. The summed E-state index contributed by atoms with van der Waals surface area (Å²) in [6.07, 6.45) is -3.64. The van der Waals surface area contributed by atoms with Gasteiger partial charge in [-0.05, 0) is 30.0 Å². The molecule has 0 radical (unpaired) electrons. The van der Waals surface area contributed by atoms with Crippen LogP contribution in [0.1, 0.15) is 30.5 Å². The van der Waals surface area contributed by atoms with Crippen molar-refractivity contribution >= 4 is 0 Å². The summed E-state index contributed by atoms with van der Waals surface area (Å²) < 4.78 is 43.3. The highest BCUT2D eigenvalue weighted by Crippen LogP contribution is 2.33. The predicted molar refractivity (Wildman–Crippen MR) is 61.9 cm³/mol. The van der Waals surface area contributed by atoms with Crippen LogP contribution in [0.15, 0.2) is 24.3 Å². The van der Waals surface area contributed by atoms with E-state index in [1.807, 2.05) is 6.92 Å². The van der Waals surface area contributed by atoms with E-state index in [1.54, 1.807) is 6.07 Å². The summed E-state index contributed by atoms with van der Waals surface area (Å²) in [4.78, 5) is 0. The number of ether oxygens (including phenoxy) is 1. The molecule has 2 nitrogen and oxygen atoms in total. The lowest BCUT2D eigenvalue weighted by Gasteiger charge is -2.23. The summed E-state index contributed by atoms with van der Waals surface area (Å²) in [5.74, 6) is 0.273. The van der Waals surface area contributed by atoms with Crippen molar-refractivity contribution in [2.75, 3.05) is 6.61 Å². The first-order valence-corrected chi connectivity index (χ1v) is 5.94. The van der Waals surface area contributed by atoms with E-state index in [0.717, 1.165) is 18.6 Å². The molecular weight excluding hydrogens is 243 g/mol. The zero-order chi connectivity index (χ0) is 13.3. The molecule has 3 atom stereocenters. The van der Waals surface area contributed by atoms with Crippen LogP contribution < -0.4 is 5.73 Å². The molecule has 1 saturated heterocycles. The summed E-state index contributed by atoms with van der Waals surface area (Å²) in [5, 5.41) is 0. The smallest absolute Gasteiger partial charge is 0.376 e. The second-order valence-corrected chi connectivity index (χ2v) is 4.75. The molecule has 0 spiro atoms. The second-order valence-electron chi connectivity index (χ2n) is 4.75. The molecule has 1 fully saturated rings. The average Bonchev–Trinajstić information content (AvgIpc) is 2.73. The van der Waals surface area contributed by atoms with E-state index in [4.69, 9.17) is 10.5 Å². The molecule has 1 aromatic carbocycles. The maximum absolute atomic E-state index is 12.6. The number of hydrogen-bond acceptors (Lipinski definition) is 2. The molecule has 1 aromatic rings. The first-order chi connectivity index (χ1) is 8.39. The van der Waals surface area contributed by atoms with Gasteiger partial charge in [0.2, 0.25) is 0 Å². The zero-order valence-corrected chi connectivity index (χ0v) is 10.1. The highest BCUT2D eigenvalue weighted by atomic mass is 19.4. The molecule has 0 aromatic heterocycles. The van der Waals surface area contributed by atoms with E-state index in [2.05, 4.69) is 0 Å². The third-order valence-electron chi connectivity index (χ3n) is 3.40. The van der Waals surface area contributed by atoms with Crippen LogP contribution in [0.3, 0.4) is 0 Å². The Hall–Kier alpha value is -1.07. The summed E-state index contributed by atoms with van der Waals surface area (Å²) in [7, 11) is 0. The van der Waals surface area contributed by atoms with Gasteiger partial charge in [0.25, 0.3) is 0 Å². The Morgan fingerprint density at radius 1 is 1.39 bits per heavy atom. The standard InChI is InChI=1S/C13H16F3NO/c1-8-5-6-18-12(8)11(17)9-3-2-4-10(7-9)13(14,15)16/h2-4,7-8,11-12H,5-6,17H2,1H3. The van der Waals surface area contributed by atoms with Gasteiger partial charge >= 0.3 is 6.18 Å². The number of hydrogen-bond donors (Lipinski definition) is 1. The molecular formula is C13H16F3NO. The van der Waals surface area contributed by atoms with Crippen molar-refractivity contribution in [3.63, 3.8) is 0 Å². The van der Waals surface area contributed by atoms with Crippen LogP contribution in [0, 0.1) is 5.92 Å². The predicted octanol–water partition coefficient (Wildman–Crippen LogP) is 3.13. The fourth-order valence-corrected chi connectivity index (χ4v) is 2.29. The monoisotopic (exact) mass is 259 g/mol. The SMILES string of the molecule is CC1CCOC1C(N)c1cccc(C(F)(F)F)c1. The summed E-state index contributed by atoms with van der Waals surface area (Å²) >= 11 is 0. The van der Waals surface area contributed by atoms with E-state index in [9.17, 15) is 13.2 Å². The molecule has 2 rings (SSSR count). The normalized spacial score (nSPS) is 26.3. The number of rotatable bonds is 2. The van der Waals surface area contributed by atoms with Gasteiger partial charge < -0.3 is 10.5 Å². The quantitative estimate of drug-likeness (QED) is 0.885. The zero-order valence-electron chi connectivity index (χ0n) is 10.1. The first kappa shape index (κ1) is 13.4. The molecule has 2 N–H and O–H groups in total. The fourth-order valence-electron chi connectivity index (χ4n) is 2.29. The van der Waals surface area contributed by atoms with Crippen molar-refractivity contribution in [2.45, 2.75) is 31.7 Å². The third-order valence-corrected chi connectivity index (χ3v) is 3.40. The molecule has 3 unspecified atom stereocenters. The van der Waals surface area contributed by atoms with Crippen LogP contribution in [0.25, 0.3) is 0 Å². The van der Waals surface area contributed by atoms with Gasteiger partial charge in [0.15, 0.2) is 0 Å². The molecule has 0 aliphatic carbocycles. The lowest BCUT2D eigenvalue weighted by atomic mass is 9.92. The van der Waals surface area contributed by atoms with Crippen LogP contribution in [0.2, 0.25) is 0 Å². The summed E-state index contributed by atoms with van der Waals surface area (Å²) in [5.41, 5.74) is 5.82. The van der Waals surface area contributed by atoms with Gasteiger partial charge in [-0.3, -0.25) is 0 Å². The van der Waals surface area contributed by atoms with Crippen molar-refractivity contribution < 1.29 is 17.9 Å². The van der Waals surface area contributed by atoms with Crippen LogP contribution in [-0.4, -0.2) is 12.7 Å². The largest absolute Gasteiger partial charge is 0.416 e. The minimum Gasteiger partial charge on any atom is -0.376 e. The van der Waals surface area contributed by atoms with Crippen molar-refractivity contribution in [3.8, 4) is 0 Å². The molecule has 5 heteroatoms. The lowest BCUT2D eigenvalue weighted by Crippen LogP contribution is -2.30. The van der Waals surface area contributed by atoms with Gasteiger partial charge in [-0.2, -0.15) is 13.2 Å². The van der Waals surface area contributed by atoms with E-state index in [0.29, 0.717) is 12.2 Å². The molecule has 0 bridgehead atoms. The van der Waals surface area contributed by atoms with Crippen LogP contribution >= 0.6 is 0 Å². The average molecular weight is 259 g/mol. The van der Waals surface area contributed by atoms with Gasteiger partial charge in [-0.25, -0.2) is 0 Å². The summed E-state index contributed by atoms with van der Waals surface area (Å²) in [6, 6.07) is 4.66. The Bertz CT molecular complexity index is 419. The van der Waals surface area contributed by atoms with Gasteiger partial charge in [0.05, 0.1) is 17.7 Å². The molecule has 18 heavy (non-hydrogen) atoms. The topological polar surface area (TPSA) is 35.2 Å². The highest BCUT2D eigenvalue weighted by molar-refractivity contribution is 5.28. The number of benzene rings is 1. The maximum Gasteiger partial charge on any atom is 0.416 e. The maximum atomic E-state index is 12.6. The Kier molecular flexibility index (Phi) is 3.64. The molecule has 1 aliphatic rings. The lowest BCUT2D eigenvalue weighted by molar-refractivity contribution is -0.137. The second kappa shape index (κ2) is 4.90. The van der Waals surface area contributed by atoms with Crippen molar-refractivity contribution in [1.82, 2.24) is 0 Å². The van der Waals surface area contributed by atoms with Crippen molar-refractivity contribution in [2.24, 2.45) is 11.7 Å². The molecule has 0 amide bonds. The van der Waals surface area contributed by atoms with Crippen molar-refractivity contribution in [1.29, 1.82) is 0 Å². The Labute approximate surface area is 104 Å². The first-order valence-electron chi connectivity index (χ1n) is 5.94.